The van der Waals surface area contributed by atoms with Gasteiger partial charge in [-0.05, 0) is 54.8 Å². The number of sulfonamides is 1. The summed E-state index contributed by atoms with van der Waals surface area (Å²) >= 11 is 0. The molecule has 0 unspecified atom stereocenters. The van der Waals surface area contributed by atoms with E-state index in [1.54, 1.807) is 18.2 Å². The van der Waals surface area contributed by atoms with Gasteiger partial charge in [-0.2, -0.15) is 0 Å². The molecule has 0 fully saturated rings. The van der Waals surface area contributed by atoms with E-state index in [4.69, 9.17) is 4.74 Å². The molecule has 0 aliphatic carbocycles. The maximum absolute atomic E-state index is 14.4. The molecule has 0 aromatic heterocycles. The Kier molecular flexibility index (Phi) is 6.91. The fourth-order valence-electron chi connectivity index (χ4n) is 3.21. The van der Waals surface area contributed by atoms with E-state index in [9.17, 15) is 12.8 Å². The van der Waals surface area contributed by atoms with Crippen LogP contribution in [0.1, 0.15) is 43.7 Å². The lowest BCUT2D eigenvalue weighted by Gasteiger charge is -2.18. The second-order valence-electron chi connectivity index (χ2n) is 7.01. The van der Waals surface area contributed by atoms with Gasteiger partial charge in [0.05, 0.1) is 17.2 Å². The minimum atomic E-state index is -3.86. The van der Waals surface area contributed by atoms with Crippen molar-refractivity contribution in [2.24, 2.45) is 0 Å². The van der Waals surface area contributed by atoms with Crippen LogP contribution in [0, 0.1) is 5.82 Å². The third-order valence-corrected chi connectivity index (χ3v) is 6.19. The largest absolute Gasteiger partial charge is 0.493 e. The van der Waals surface area contributed by atoms with E-state index >= 15 is 0 Å². The van der Waals surface area contributed by atoms with Crippen molar-refractivity contribution in [2.45, 2.75) is 50.5 Å². The Balaban J connectivity index is 1.67. The highest BCUT2D eigenvalue weighted by molar-refractivity contribution is 7.92. The number of ether oxygens (including phenoxy) is 1. The van der Waals surface area contributed by atoms with E-state index in [1.165, 1.54) is 12.1 Å². The van der Waals surface area contributed by atoms with Crippen molar-refractivity contribution in [1.82, 2.24) is 5.32 Å². The number of hydrogen-bond acceptors (Lipinski definition) is 4. The number of halogens is 1. The highest BCUT2D eigenvalue weighted by Crippen LogP contribution is 2.25. The molecule has 1 aliphatic rings. The molecule has 7 heteroatoms. The number of unbranched alkanes of at least 4 members (excludes halogenated alkanes) is 3. The summed E-state index contributed by atoms with van der Waals surface area (Å²) in [5.41, 5.74) is 2.02. The third kappa shape index (κ3) is 5.23. The van der Waals surface area contributed by atoms with Gasteiger partial charge >= 0.3 is 0 Å². The van der Waals surface area contributed by atoms with Crippen molar-refractivity contribution >= 4 is 15.7 Å². The Labute approximate surface area is 166 Å². The van der Waals surface area contributed by atoms with Crippen LogP contribution in [0.4, 0.5) is 10.1 Å². The minimum Gasteiger partial charge on any atom is -0.493 e. The van der Waals surface area contributed by atoms with Gasteiger partial charge in [0, 0.05) is 12.6 Å². The minimum absolute atomic E-state index is 0.0854. The number of rotatable bonds is 9. The van der Waals surface area contributed by atoms with Crippen LogP contribution in [0.2, 0.25) is 0 Å². The highest BCUT2D eigenvalue weighted by atomic mass is 32.2. The molecule has 1 aliphatic heterocycles. The molecule has 0 saturated carbocycles. The predicted octanol–water partition coefficient (Wildman–Crippen LogP) is 4.23. The Morgan fingerprint density at radius 1 is 1.11 bits per heavy atom. The summed E-state index contributed by atoms with van der Waals surface area (Å²) in [5, 5.41) is 3.25. The SMILES string of the molecule is CCCCCCOc1ccc(NS(=O)(=O)c2ccc3c(c2)CCNC3)c(F)c1. The van der Waals surface area contributed by atoms with Crippen molar-refractivity contribution in [1.29, 1.82) is 0 Å². The number of nitrogens with one attached hydrogen (secondary N) is 2. The second-order valence-corrected chi connectivity index (χ2v) is 8.70. The summed E-state index contributed by atoms with van der Waals surface area (Å²) in [6.07, 6.45) is 5.06. The first-order valence-corrected chi connectivity index (χ1v) is 11.3. The van der Waals surface area contributed by atoms with Crippen LogP contribution in [0.5, 0.6) is 5.75 Å². The lowest BCUT2D eigenvalue weighted by atomic mass is 10.0. The van der Waals surface area contributed by atoms with Crippen molar-refractivity contribution < 1.29 is 17.5 Å². The van der Waals surface area contributed by atoms with E-state index < -0.39 is 15.8 Å². The summed E-state index contributed by atoms with van der Waals surface area (Å²) in [4.78, 5) is 0.142. The fraction of sp³-hybridized carbons (Fsp3) is 0.429. The van der Waals surface area contributed by atoms with Crippen LogP contribution >= 0.6 is 0 Å². The van der Waals surface area contributed by atoms with Gasteiger partial charge < -0.3 is 10.1 Å². The van der Waals surface area contributed by atoms with Gasteiger partial charge in [-0.25, -0.2) is 12.8 Å². The number of hydrogen-bond donors (Lipinski definition) is 2. The van der Waals surface area contributed by atoms with E-state index in [-0.39, 0.29) is 10.6 Å². The topological polar surface area (TPSA) is 67.4 Å². The Morgan fingerprint density at radius 2 is 1.96 bits per heavy atom. The van der Waals surface area contributed by atoms with Gasteiger partial charge in [0.15, 0.2) is 5.82 Å². The third-order valence-electron chi connectivity index (χ3n) is 4.83. The van der Waals surface area contributed by atoms with Gasteiger partial charge in [-0.1, -0.05) is 32.3 Å². The summed E-state index contributed by atoms with van der Waals surface area (Å²) in [5.74, 6) is -0.255. The lowest BCUT2D eigenvalue weighted by Crippen LogP contribution is -2.24. The van der Waals surface area contributed by atoms with E-state index in [0.29, 0.717) is 12.4 Å². The molecule has 0 radical (unpaired) electrons. The molecule has 5 nitrogen and oxygen atoms in total. The standard InChI is InChI=1S/C21H27FN2O3S/c1-2-3-4-5-12-27-18-7-9-21(20(22)14-18)24-28(25,26)19-8-6-17-15-23-11-10-16(17)13-19/h6-9,13-14,23-24H,2-5,10-12,15H2,1H3. The van der Waals surface area contributed by atoms with E-state index in [2.05, 4.69) is 17.0 Å². The Morgan fingerprint density at radius 3 is 2.75 bits per heavy atom. The van der Waals surface area contributed by atoms with Crippen molar-refractivity contribution in [3.8, 4) is 5.75 Å². The fourth-order valence-corrected chi connectivity index (χ4v) is 4.33. The Hall–Kier alpha value is -2.12. The molecular formula is C21H27FN2O3S. The van der Waals surface area contributed by atoms with Crippen LogP contribution < -0.4 is 14.8 Å². The highest BCUT2D eigenvalue weighted by Gasteiger charge is 2.19. The average Bonchev–Trinajstić information content (AvgIpc) is 2.69. The molecule has 0 atom stereocenters. The molecule has 1 heterocycles. The zero-order valence-electron chi connectivity index (χ0n) is 16.1. The van der Waals surface area contributed by atoms with E-state index in [1.807, 2.05) is 6.07 Å². The summed E-state index contributed by atoms with van der Waals surface area (Å²) < 4.78 is 47.6. The zero-order chi connectivity index (χ0) is 20.0. The molecule has 0 spiro atoms. The molecule has 0 bridgehead atoms. The lowest BCUT2D eigenvalue weighted by molar-refractivity contribution is 0.303. The van der Waals surface area contributed by atoms with Crippen LogP contribution in [-0.4, -0.2) is 21.6 Å². The van der Waals surface area contributed by atoms with Gasteiger partial charge in [-0.3, -0.25) is 4.72 Å². The smallest absolute Gasteiger partial charge is 0.261 e. The Bertz CT molecular complexity index is 916. The molecule has 0 amide bonds. The van der Waals surface area contributed by atoms with Gasteiger partial charge in [-0.15, -0.1) is 0 Å². The molecule has 2 aromatic carbocycles. The molecule has 2 N–H and O–H groups in total. The first-order chi connectivity index (χ1) is 13.5. The van der Waals surface area contributed by atoms with Crippen LogP contribution in [0.25, 0.3) is 0 Å². The first-order valence-electron chi connectivity index (χ1n) is 9.77. The first kappa shape index (κ1) is 20.6. The summed E-state index contributed by atoms with van der Waals surface area (Å²) in [7, 11) is -3.86. The summed E-state index contributed by atoms with van der Waals surface area (Å²) in [6, 6.07) is 9.23. The van der Waals surface area contributed by atoms with Crippen molar-refractivity contribution in [3.05, 3.63) is 53.3 Å². The molecule has 2 aromatic rings. The molecule has 28 heavy (non-hydrogen) atoms. The maximum atomic E-state index is 14.4. The number of fused-ring (bicyclic) bond motifs is 1. The maximum Gasteiger partial charge on any atom is 0.261 e. The van der Waals surface area contributed by atoms with Crippen molar-refractivity contribution in [3.63, 3.8) is 0 Å². The molecule has 3 rings (SSSR count). The summed E-state index contributed by atoms with van der Waals surface area (Å²) in [6.45, 7) is 4.21. The normalized spacial score (nSPS) is 13.8. The van der Waals surface area contributed by atoms with Gasteiger partial charge in [0.25, 0.3) is 10.0 Å². The van der Waals surface area contributed by atoms with Crippen molar-refractivity contribution in [2.75, 3.05) is 17.9 Å². The monoisotopic (exact) mass is 406 g/mol. The van der Waals surface area contributed by atoms with Crippen LogP contribution in [-0.2, 0) is 23.0 Å². The second kappa shape index (κ2) is 9.39. The predicted molar refractivity (Wildman–Crippen MR) is 109 cm³/mol. The van der Waals surface area contributed by atoms with Gasteiger partial charge in [0.1, 0.15) is 5.75 Å². The van der Waals surface area contributed by atoms with Gasteiger partial charge in [0.2, 0.25) is 0 Å². The van der Waals surface area contributed by atoms with E-state index in [0.717, 1.165) is 56.3 Å². The quantitative estimate of drug-likeness (QED) is 0.612. The zero-order valence-corrected chi connectivity index (χ0v) is 16.9. The van der Waals surface area contributed by atoms with Crippen LogP contribution in [0.3, 0.4) is 0 Å². The number of benzene rings is 2. The van der Waals surface area contributed by atoms with Crippen LogP contribution in [0.15, 0.2) is 41.3 Å². The molecule has 0 saturated heterocycles. The molecular weight excluding hydrogens is 379 g/mol. The molecule has 152 valence electrons. The number of anilines is 1. The average molecular weight is 407 g/mol.